The molecular weight excluding hydrogens is 402 g/mol. The van der Waals surface area contributed by atoms with Crippen molar-refractivity contribution in [3.63, 3.8) is 0 Å². The summed E-state index contributed by atoms with van der Waals surface area (Å²) in [7, 11) is 0. The van der Waals surface area contributed by atoms with E-state index in [0.717, 1.165) is 12.8 Å². The SMILES string of the molecule is CCCC1CCC(C(F)(F)C(F)(F)C2CCC(c3ccc(C)c(F)c3F)CC2)CC1. The highest BCUT2D eigenvalue weighted by molar-refractivity contribution is 5.28. The second-order valence-corrected chi connectivity index (χ2v) is 9.40. The van der Waals surface area contributed by atoms with Crippen LogP contribution in [-0.2, 0) is 0 Å². The topological polar surface area (TPSA) is 0 Å². The average Bonchev–Trinajstić information content (AvgIpc) is 2.73. The van der Waals surface area contributed by atoms with Crippen molar-refractivity contribution in [3.05, 3.63) is 34.9 Å². The van der Waals surface area contributed by atoms with Gasteiger partial charge < -0.3 is 0 Å². The summed E-state index contributed by atoms with van der Waals surface area (Å²) in [6.45, 7) is 3.50. The third kappa shape index (κ3) is 4.38. The zero-order valence-corrected chi connectivity index (χ0v) is 17.8. The van der Waals surface area contributed by atoms with Crippen molar-refractivity contribution in [3.8, 4) is 0 Å². The molecule has 30 heavy (non-hydrogen) atoms. The molecule has 2 fully saturated rings. The fraction of sp³-hybridized carbons (Fsp3) is 0.750. The van der Waals surface area contributed by atoms with Crippen LogP contribution >= 0.6 is 0 Å². The molecular formula is C24H32F6. The summed E-state index contributed by atoms with van der Waals surface area (Å²) in [6.07, 6.45) is 3.56. The van der Waals surface area contributed by atoms with Gasteiger partial charge in [-0.15, -0.1) is 0 Å². The van der Waals surface area contributed by atoms with Crippen LogP contribution in [0.25, 0.3) is 0 Å². The van der Waals surface area contributed by atoms with Crippen molar-refractivity contribution in [2.45, 2.75) is 95.8 Å². The molecule has 0 unspecified atom stereocenters. The predicted octanol–water partition coefficient (Wildman–Crippen LogP) is 8.42. The summed E-state index contributed by atoms with van der Waals surface area (Å²) in [5, 5.41) is 0. The first-order valence-corrected chi connectivity index (χ1v) is 11.3. The normalized spacial score (nSPS) is 28.5. The van der Waals surface area contributed by atoms with Gasteiger partial charge in [-0.1, -0.05) is 31.9 Å². The van der Waals surface area contributed by atoms with Gasteiger partial charge in [-0.05, 0) is 81.3 Å². The standard InChI is InChI=1S/C24H32F6/c1-3-4-16-6-10-18(11-7-16)23(27,28)24(29,30)19-12-8-17(9-13-19)20-14-5-15(2)21(25)22(20)26/h5,14,16-19H,3-4,6-13H2,1-2H3. The summed E-state index contributed by atoms with van der Waals surface area (Å²) in [5.41, 5.74) is 0.352. The third-order valence-electron chi connectivity index (χ3n) is 7.49. The van der Waals surface area contributed by atoms with E-state index in [1.807, 2.05) is 6.92 Å². The van der Waals surface area contributed by atoms with Crippen molar-refractivity contribution in [1.82, 2.24) is 0 Å². The maximum atomic E-state index is 15.0. The molecule has 0 spiro atoms. The average molecular weight is 435 g/mol. The second kappa shape index (κ2) is 9.12. The highest BCUT2D eigenvalue weighted by atomic mass is 19.3. The van der Waals surface area contributed by atoms with Crippen LogP contribution < -0.4 is 0 Å². The largest absolute Gasteiger partial charge is 0.313 e. The molecule has 2 aliphatic carbocycles. The van der Waals surface area contributed by atoms with Crippen LogP contribution in [-0.4, -0.2) is 11.8 Å². The number of rotatable bonds is 6. The number of benzene rings is 1. The summed E-state index contributed by atoms with van der Waals surface area (Å²) in [6, 6.07) is 2.96. The van der Waals surface area contributed by atoms with E-state index in [1.54, 1.807) is 0 Å². The van der Waals surface area contributed by atoms with Gasteiger partial charge in [0.05, 0.1) is 0 Å². The highest BCUT2D eigenvalue weighted by Crippen LogP contribution is 2.54. The van der Waals surface area contributed by atoms with Gasteiger partial charge in [-0.3, -0.25) is 0 Å². The van der Waals surface area contributed by atoms with E-state index in [1.165, 1.54) is 19.1 Å². The van der Waals surface area contributed by atoms with E-state index in [0.29, 0.717) is 18.8 Å². The molecule has 3 rings (SSSR count). The molecule has 1 aromatic rings. The van der Waals surface area contributed by atoms with Gasteiger partial charge in [0.1, 0.15) is 0 Å². The smallest absolute Gasteiger partial charge is 0.203 e. The van der Waals surface area contributed by atoms with E-state index in [4.69, 9.17) is 0 Å². The van der Waals surface area contributed by atoms with Crippen LogP contribution in [0.2, 0.25) is 0 Å². The molecule has 6 heteroatoms. The first kappa shape index (κ1) is 23.5. The Morgan fingerprint density at radius 3 is 1.77 bits per heavy atom. The van der Waals surface area contributed by atoms with Gasteiger partial charge in [0, 0.05) is 11.8 Å². The second-order valence-electron chi connectivity index (χ2n) is 9.40. The van der Waals surface area contributed by atoms with Crippen molar-refractivity contribution >= 4 is 0 Å². The number of hydrogen-bond donors (Lipinski definition) is 0. The van der Waals surface area contributed by atoms with Crippen LogP contribution in [0.1, 0.15) is 88.2 Å². The molecule has 0 N–H and O–H groups in total. The Kier molecular flexibility index (Phi) is 7.13. The molecule has 2 aliphatic rings. The van der Waals surface area contributed by atoms with E-state index < -0.39 is 41.2 Å². The summed E-state index contributed by atoms with van der Waals surface area (Å²) in [4.78, 5) is 0. The van der Waals surface area contributed by atoms with E-state index in [9.17, 15) is 26.3 Å². The minimum Gasteiger partial charge on any atom is -0.203 e. The van der Waals surface area contributed by atoms with Gasteiger partial charge in [0.2, 0.25) is 0 Å². The zero-order valence-electron chi connectivity index (χ0n) is 17.8. The van der Waals surface area contributed by atoms with Crippen molar-refractivity contribution in [1.29, 1.82) is 0 Å². The van der Waals surface area contributed by atoms with E-state index in [-0.39, 0.29) is 49.7 Å². The summed E-state index contributed by atoms with van der Waals surface area (Å²) >= 11 is 0. The lowest BCUT2D eigenvalue weighted by Crippen LogP contribution is -2.52. The van der Waals surface area contributed by atoms with Gasteiger partial charge in [0.25, 0.3) is 0 Å². The van der Waals surface area contributed by atoms with Gasteiger partial charge in [0.15, 0.2) is 11.6 Å². The van der Waals surface area contributed by atoms with Crippen LogP contribution in [0.4, 0.5) is 26.3 Å². The van der Waals surface area contributed by atoms with Crippen LogP contribution in [0, 0.1) is 36.3 Å². The van der Waals surface area contributed by atoms with Crippen LogP contribution in [0.3, 0.4) is 0 Å². The zero-order chi connectivity index (χ0) is 22.1. The van der Waals surface area contributed by atoms with E-state index in [2.05, 4.69) is 0 Å². The van der Waals surface area contributed by atoms with Crippen LogP contribution in [0.5, 0.6) is 0 Å². The fourth-order valence-corrected chi connectivity index (χ4v) is 5.51. The predicted molar refractivity (Wildman–Crippen MR) is 106 cm³/mol. The molecule has 0 bridgehead atoms. The molecule has 170 valence electrons. The van der Waals surface area contributed by atoms with Crippen molar-refractivity contribution < 1.29 is 26.3 Å². The third-order valence-corrected chi connectivity index (χ3v) is 7.49. The monoisotopic (exact) mass is 434 g/mol. The number of hydrogen-bond acceptors (Lipinski definition) is 0. The maximum Gasteiger partial charge on any atom is 0.313 e. The first-order chi connectivity index (χ1) is 14.1. The number of aryl methyl sites for hydroxylation is 1. The van der Waals surface area contributed by atoms with Crippen LogP contribution in [0.15, 0.2) is 12.1 Å². The van der Waals surface area contributed by atoms with Gasteiger partial charge in [-0.25, -0.2) is 8.78 Å². The Balaban J connectivity index is 1.64. The molecule has 0 aliphatic heterocycles. The Morgan fingerprint density at radius 2 is 1.27 bits per heavy atom. The Morgan fingerprint density at radius 1 is 0.767 bits per heavy atom. The maximum absolute atomic E-state index is 15.0. The minimum absolute atomic E-state index is 0.104. The minimum atomic E-state index is -4.07. The lowest BCUT2D eigenvalue weighted by atomic mass is 9.70. The lowest BCUT2D eigenvalue weighted by molar-refractivity contribution is -0.269. The molecule has 0 nitrogen and oxygen atoms in total. The quantitative estimate of drug-likeness (QED) is 0.394. The van der Waals surface area contributed by atoms with Crippen molar-refractivity contribution in [2.24, 2.45) is 17.8 Å². The van der Waals surface area contributed by atoms with E-state index >= 15 is 0 Å². The molecule has 2 saturated carbocycles. The number of halogens is 6. The molecule has 0 aromatic heterocycles. The first-order valence-electron chi connectivity index (χ1n) is 11.3. The van der Waals surface area contributed by atoms with Gasteiger partial charge in [-0.2, -0.15) is 17.6 Å². The molecule has 0 saturated heterocycles. The lowest BCUT2D eigenvalue weighted by Gasteiger charge is -2.42. The van der Waals surface area contributed by atoms with Crippen molar-refractivity contribution in [2.75, 3.05) is 0 Å². The number of alkyl halides is 4. The molecule has 0 radical (unpaired) electrons. The molecule has 0 amide bonds. The molecule has 1 aromatic carbocycles. The Bertz CT molecular complexity index is 713. The molecule has 0 atom stereocenters. The Hall–Kier alpha value is -1.20. The Labute approximate surface area is 175 Å². The molecule has 0 heterocycles. The summed E-state index contributed by atoms with van der Waals surface area (Å²) in [5.74, 6) is -12.7. The van der Waals surface area contributed by atoms with Gasteiger partial charge >= 0.3 is 11.8 Å². The fourth-order valence-electron chi connectivity index (χ4n) is 5.51. The highest BCUT2D eigenvalue weighted by Gasteiger charge is 2.64. The summed E-state index contributed by atoms with van der Waals surface area (Å²) < 4.78 is 87.8.